The van der Waals surface area contributed by atoms with Crippen molar-refractivity contribution in [1.29, 1.82) is 0 Å². The average molecular weight is 480 g/mol. The Morgan fingerprint density at radius 3 is 2.35 bits per heavy atom. The van der Waals surface area contributed by atoms with E-state index < -0.39 is 0 Å². The maximum atomic E-state index is 13.5. The van der Waals surface area contributed by atoms with Crippen LogP contribution >= 0.6 is 11.6 Å². The molecule has 0 fully saturated rings. The van der Waals surface area contributed by atoms with Gasteiger partial charge in [0.25, 0.3) is 0 Å². The summed E-state index contributed by atoms with van der Waals surface area (Å²) >= 11 is 6.24. The molecular weight excluding hydrogens is 454 g/mol. The molecule has 1 aliphatic rings. The van der Waals surface area contributed by atoms with Gasteiger partial charge in [0.05, 0.1) is 33.0 Å². The monoisotopic (exact) mass is 479 g/mol. The maximum absolute atomic E-state index is 13.5. The Balaban J connectivity index is 1.58. The zero-order valence-electron chi connectivity index (χ0n) is 19.3. The second-order valence-electron chi connectivity index (χ2n) is 8.07. The van der Waals surface area contributed by atoms with Crippen molar-refractivity contribution in [3.8, 4) is 11.5 Å². The van der Waals surface area contributed by atoms with Gasteiger partial charge in [0, 0.05) is 5.02 Å². The van der Waals surface area contributed by atoms with Crippen LogP contribution < -0.4 is 19.7 Å². The number of anilines is 2. The Morgan fingerprint density at radius 2 is 1.71 bits per heavy atom. The SMILES string of the molecule is COc1cccc(OC)c1NC(=O)CN1Cc2cc(Cl)ccc2N(Cc2ccc(C)cc2)C1=O. The van der Waals surface area contributed by atoms with Crippen molar-refractivity contribution in [3.63, 3.8) is 0 Å². The van der Waals surface area contributed by atoms with Crippen LogP contribution in [0.2, 0.25) is 5.02 Å². The molecule has 176 valence electrons. The lowest BCUT2D eigenvalue weighted by Gasteiger charge is -2.37. The maximum Gasteiger partial charge on any atom is 0.325 e. The van der Waals surface area contributed by atoms with Crippen molar-refractivity contribution in [2.75, 3.05) is 31.0 Å². The molecule has 0 aliphatic carbocycles. The van der Waals surface area contributed by atoms with Crippen LogP contribution in [0.4, 0.5) is 16.2 Å². The van der Waals surface area contributed by atoms with Crippen molar-refractivity contribution in [2.24, 2.45) is 0 Å². The Bertz CT molecular complexity index is 1190. The first-order chi connectivity index (χ1) is 16.4. The Hall–Kier alpha value is -3.71. The third-order valence-electron chi connectivity index (χ3n) is 5.68. The number of carbonyl (C=O) groups excluding carboxylic acids is 2. The van der Waals surface area contributed by atoms with Gasteiger partial charge >= 0.3 is 6.03 Å². The van der Waals surface area contributed by atoms with Crippen molar-refractivity contribution < 1.29 is 19.1 Å². The summed E-state index contributed by atoms with van der Waals surface area (Å²) in [5.74, 6) is 0.573. The topological polar surface area (TPSA) is 71.1 Å². The lowest BCUT2D eigenvalue weighted by Crippen LogP contribution is -2.49. The summed E-state index contributed by atoms with van der Waals surface area (Å²) in [5.41, 5.74) is 4.22. The second kappa shape index (κ2) is 10.1. The summed E-state index contributed by atoms with van der Waals surface area (Å²) in [6.45, 7) is 2.53. The van der Waals surface area contributed by atoms with E-state index in [4.69, 9.17) is 21.1 Å². The normalized spacial score (nSPS) is 12.9. The Kier molecular flexibility index (Phi) is 6.93. The number of methoxy groups -OCH3 is 2. The number of urea groups is 1. The lowest BCUT2D eigenvalue weighted by molar-refractivity contribution is -0.116. The van der Waals surface area contributed by atoms with Crippen LogP contribution in [0.15, 0.2) is 60.7 Å². The minimum atomic E-state index is -0.364. The molecule has 0 radical (unpaired) electrons. The highest BCUT2D eigenvalue weighted by Gasteiger charge is 2.32. The van der Waals surface area contributed by atoms with Gasteiger partial charge in [-0.3, -0.25) is 9.69 Å². The van der Waals surface area contributed by atoms with Crippen molar-refractivity contribution in [2.45, 2.75) is 20.0 Å². The molecule has 0 saturated heterocycles. The van der Waals surface area contributed by atoms with Gasteiger partial charge < -0.3 is 19.7 Å². The fourth-order valence-electron chi connectivity index (χ4n) is 3.97. The second-order valence-corrected chi connectivity index (χ2v) is 8.51. The van der Waals surface area contributed by atoms with Crippen molar-refractivity contribution >= 4 is 34.9 Å². The Labute approximate surface area is 203 Å². The van der Waals surface area contributed by atoms with Crippen LogP contribution in [0.5, 0.6) is 11.5 Å². The largest absolute Gasteiger partial charge is 0.494 e. The smallest absolute Gasteiger partial charge is 0.325 e. The van der Waals surface area contributed by atoms with E-state index in [0.29, 0.717) is 28.8 Å². The predicted octanol–water partition coefficient (Wildman–Crippen LogP) is 5.25. The number of halogens is 1. The van der Waals surface area contributed by atoms with Gasteiger partial charge in [-0.2, -0.15) is 0 Å². The minimum Gasteiger partial charge on any atom is -0.494 e. The third kappa shape index (κ3) is 4.94. The molecule has 0 bridgehead atoms. The molecule has 1 aliphatic heterocycles. The molecule has 3 aromatic carbocycles. The van der Waals surface area contributed by atoms with E-state index >= 15 is 0 Å². The van der Waals surface area contributed by atoms with E-state index in [1.165, 1.54) is 19.1 Å². The molecule has 1 N–H and O–H groups in total. The first-order valence-electron chi connectivity index (χ1n) is 10.8. The molecule has 0 saturated carbocycles. The van der Waals surface area contributed by atoms with Gasteiger partial charge in [0.15, 0.2) is 0 Å². The highest BCUT2D eigenvalue weighted by Crippen LogP contribution is 2.35. The highest BCUT2D eigenvalue weighted by atomic mass is 35.5. The number of fused-ring (bicyclic) bond motifs is 1. The number of para-hydroxylation sites is 1. The molecule has 0 aromatic heterocycles. The number of benzene rings is 3. The van der Waals surface area contributed by atoms with Crippen LogP contribution in [0, 0.1) is 6.92 Å². The number of carbonyl (C=O) groups is 2. The number of aryl methyl sites for hydroxylation is 1. The number of hydrogen-bond acceptors (Lipinski definition) is 4. The van der Waals surface area contributed by atoms with E-state index in [9.17, 15) is 9.59 Å². The molecule has 8 heteroatoms. The van der Waals surface area contributed by atoms with Crippen LogP contribution in [-0.2, 0) is 17.9 Å². The molecular formula is C26H26ClN3O4. The molecule has 1 heterocycles. The number of hydrogen-bond donors (Lipinski definition) is 1. The van der Waals surface area contributed by atoms with E-state index in [1.54, 1.807) is 29.2 Å². The fourth-order valence-corrected chi connectivity index (χ4v) is 4.16. The number of amides is 3. The fraction of sp³-hybridized carbons (Fsp3) is 0.231. The van der Waals surface area contributed by atoms with Crippen LogP contribution in [0.25, 0.3) is 0 Å². The number of nitrogens with one attached hydrogen (secondary N) is 1. The molecule has 34 heavy (non-hydrogen) atoms. The van der Waals surface area contributed by atoms with Gasteiger partial charge in [0.1, 0.15) is 23.7 Å². The number of rotatable bonds is 7. The summed E-state index contributed by atoms with van der Waals surface area (Å²) in [5, 5.41) is 3.40. The van der Waals surface area contributed by atoms with E-state index in [0.717, 1.165) is 22.4 Å². The van der Waals surface area contributed by atoms with E-state index in [-0.39, 0.29) is 25.0 Å². The summed E-state index contributed by atoms with van der Waals surface area (Å²) in [7, 11) is 3.03. The minimum absolute atomic E-state index is 0.142. The van der Waals surface area contributed by atoms with Gasteiger partial charge in [-0.1, -0.05) is 47.5 Å². The standard InChI is InChI=1S/C26H26ClN3O4/c1-17-7-9-18(10-8-17)14-30-21-12-11-20(27)13-19(21)15-29(26(30)32)16-24(31)28-25-22(33-2)5-4-6-23(25)34-3/h4-13H,14-16H2,1-3H3,(H,28,31). The van der Waals surface area contributed by atoms with Gasteiger partial charge in [-0.15, -0.1) is 0 Å². The van der Waals surface area contributed by atoms with Crippen LogP contribution in [0.3, 0.4) is 0 Å². The van der Waals surface area contributed by atoms with Gasteiger partial charge in [-0.05, 0) is 48.4 Å². The summed E-state index contributed by atoms with van der Waals surface area (Å²) in [6, 6.07) is 18.4. The van der Waals surface area contributed by atoms with Crippen molar-refractivity contribution in [1.82, 2.24) is 4.90 Å². The molecule has 0 atom stereocenters. The molecule has 0 unspecified atom stereocenters. The quantitative estimate of drug-likeness (QED) is 0.502. The van der Waals surface area contributed by atoms with E-state index in [2.05, 4.69) is 5.32 Å². The number of nitrogens with zero attached hydrogens (tertiary/aromatic N) is 2. The van der Waals surface area contributed by atoms with Crippen LogP contribution in [-0.4, -0.2) is 37.6 Å². The Morgan fingerprint density at radius 1 is 1.03 bits per heavy atom. The van der Waals surface area contributed by atoms with Crippen molar-refractivity contribution in [3.05, 3.63) is 82.4 Å². The van der Waals surface area contributed by atoms with Gasteiger partial charge in [-0.25, -0.2) is 4.79 Å². The molecule has 3 amide bonds. The summed E-state index contributed by atoms with van der Waals surface area (Å²) in [4.78, 5) is 29.6. The highest BCUT2D eigenvalue weighted by molar-refractivity contribution is 6.30. The molecule has 3 aromatic rings. The predicted molar refractivity (Wildman–Crippen MR) is 133 cm³/mol. The summed E-state index contributed by atoms with van der Waals surface area (Å²) in [6.07, 6.45) is 0. The molecule has 0 spiro atoms. The van der Waals surface area contributed by atoms with E-state index in [1.807, 2.05) is 43.3 Å². The third-order valence-corrected chi connectivity index (χ3v) is 5.92. The number of ether oxygens (including phenoxy) is 2. The first kappa shape index (κ1) is 23.4. The van der Waals surface area contributed by atoms with Crippen LogP contribution in [0.1, 0.15) is 16.7 Å². The summed E-state index contributed by atoms with van der Waals surface area (Å²) < 4.78 is 10.7. The average Bonchev–Trinajstić information content (AvgIpc) is 2.83. The zero-order chi connectivity index (χ0) is 24.2. The first-order valence-corrected chi connectivity index (χ1v) is 11.2. The lowest BCUT2D eigenvalue weighted by atomic mass is 10.1. The zero-order valence-corrected chi connectivity index (χ0v) is 20.1. The molecule has 7 nitrogen and oxygen atoms in total. The molecule has 4 rings (SSSR count). The van der Waals surface area contributed by atoms with Gasteiger partial charge in [0.2, 0.25) is 5.91 Å².